The van der Waals surface area contributed by atoms with E-state index >= 15 is 0 Å². The van der Waals surface area contributed by atoms with E-state index in [-0.39, 0.29) is 0 Å². The SMILES string of the molecule is CCC1CNC(C)CN1CC1CC=CCC1. The van der Waals surface area contributed by atoms with Crippen LogP contribution in [0.15, 0.2) is 12.2 Å². The molecule has 1 heterocycles. The van der Waals surface area contributed by atoms with Gasteiger partial charge in [0.25, 0.3) is 0 Å². The third-order valence-electron chi connectivity index (χ3n) is 4.07. The Bertz CT molecular complexity index is 237. The fourth-order valence-corrected chi connectivity index (χ4v) is 3.01. The van der Waals surface area contributed by atoms with E-state index in [2.05, 4.69) is 36.2 Å². The van der Waals surface area contributed by atoms with E-state index in [9.17, 15) is 0 Å². The highest BCUT2D eigenvalue weighted by molar-refractivity contribution is 4.92. The number of nitrogens with one attached hydrogen (secondary N) is 1. The van der Waals surface area contributed by atoms with Gasteiger partial charge in [0.15, 0.2) is 0 Å². The van der Waals surface area contributed by atoms with Gasteiger partial charge >= 0.3 is 0 Å². The van der Waals surface area contributed by atoms with E-state index in [1.165, 1.54) is 45.3 Å². The molecule has 0 radical (unpaired) electrons. The lowest BCUT2D eigenvalue weighted by Gasteiger charge is -2.41. The number of piperazine rings is 1. The summed E-state index contributed by atoms with van der Waals surface area (Å²) in [4.78, 5) is 2.73. The number of allylic oxidation sites excluding steroid dienone is 2. The van der Waals surface area contributed by atoms with Crippen LogP contribution < -0.4 is 5.32 Å². The molecule has 2 nitrogen and oxygen atoms in total. The van der Waals surface area contributed by atoms with Crippen LogP contribution >= 0.6 is 0 Å². The molecule has 0 aromatic carbocycles. The van der Waals surface area contributed by atoms with Gasteiger partial charge in [-0.2, -0.15) is 0 Å². The minimum absolute atomic E-state index is 0.668. The third-order valence-corrected chi connectivity index (χ3v) is 4.07. The van der Waals surface area contributed by atoms with Crippen LogP contribution in [0.5, 0.6) is 0 Å². The first-order valence-electron chi connectivity index (χ1n) is 6.92. The maximum Gasteiger partial charge on any atom is 0.0218 e. The number of hydrogen-bond donors (Lipinski definition) is 1. The van der Waals surface area contributed by atoms with Gasteiger partial charge in [-0.15, -0.1) is 0 Å². The van der Waals surface area contributed by atoms with Crippen LogP contribution in [0, 0.1) is 5.92 Å². The molecule has 2 aliphatic rings. The Morgan fingerprint density at radius 1 is 1.38 bits per heavy atom. The fraction of sp³-hybridized carbons (Fsp3) is 0.857. The van der Waals surface area contributed by atoms with Gasteiger partial charge in [0.2, 0.25) is 0 Å². The lowest BCUT2D eigenvalue weighted by Crippen LogP contribution is -2.56. The summed E-state index contributed by atoms with van der Waals surface area (Å²) in [5.41, 5.74) is 0. The summed E-state index contributed by atoms with van der Waals surface area (Å²) in [5, 5.41) is 3.59. The second-order valence-corrected chi connectivity index (χ2v) is 5.48. The molecule has 1 N–H and O–H groups in total. The third kappa shape index (κ3) is 3.08. The van der Waals surface area contributed by atoms with Crippen LogP contribution in [-0.4, -0.2) is 36.6 Å². The molecule has 92 valence electrons. The standard InChI is InChI=1S/C14H26N2/c1-3-14-9-15-12(2)10-16(14)11-13-7-5-4-6-8-13/h4-5,12-15H,3,6-11H2,1-2H3. The molecule has 3 unspecified atom stereocenters. The molecule has 1 fully saturated rings. The number of nitrogens with zero attached hydrogens (tertiary/aromatic N) is 1. The normalized spacial score (nSPS) is 36.5. The Balaban J connectivity index is 1.87. The molecule has 1 aliphatic carbocycles. The van der Waals surface area contributed by atoms with Crippen molar-refractivity contribution in [3.63, 3.8) is 0 Å². The average molecular weight is 222 g/mol. The topological polar surface area (TPSA) is 15.3 Å². The highest BCUT2D eigenvalue weighted by atomic mass is 15.2. The zero-order valence-corrected chi connectivity index (χ0v) is 10.8. The van der Waals surface area contributed by atoms with Crippen molar-refractivity contribution in [2.45, 2.75) is 51.6 Å². The molecule has 0 amide bonds. The Kier molecular flexibility index (Phi) is 4.42. The first kappa shape index (κ1) is 12.1. The predicted molar refractivity (Wildman–Crippen MR) is 69.6 cm³/mol. The van der Waals surface area contributed by atoms with E-state index in [4.69, 9.17) is 0 Å². The van der Waals surface area contributed by atoms with Gasteiger partial charge in [0.1, 0.15) is 0 Å². The molecule has 1 aliphatic heterocycles. The van der Waals surface area contributed by atoms with Crippen molar-refractivity contribution in [1.29, 1.82) is 0 Å². The number of hydrogen-bond acceptors (Lipinski definition) is 2. The monoisotopic (exact) mass is 222 g/mol. The lowest BCUT2D eigenvalue weighted by molar-refractivity contribution is 0.109. The average Bonchev–Trinajstić information content (AvgIpc) is 2.31. The van der Waals surface area contributed by atoms with E-state index in [1.807, 2.05) is 0 Å². The van der Waals surface area contributed by atoms with Crippen LogP contribution in [0.4, 0.5) is 0 Å². The predicted octanol–water partition coefficient (Wildman–Crippen LogP) is 2.42. The lowest BCUT2D eigenvalue weighted by atomic mass is 9.92. The molecule has 1 saturated heterocycles. The maximum atomic E-state index is 3.59. The first-order chi connectivity index (χ1) is 7.79. The fourth-order valence-electron chi connectivity index (χ4n) is 3.01. The summed E-state index contributed by atoms with van der Waals surface area (Å²) in [6, 6.07) is 1.43. The van der Waals surface area contributed by atoms with E-state index in [0.717, 1.165) is 12.0 Å². The molecule has 2 rings (SSSR count). The smallest absolute Gasteiger partial charge is 0.0218 e. The summed E-state index contributed by atoms with van der Waals surface area (Å²) >= 11 is 0. The van der Waals surface area contributed by atoms with Crippen molar-refractivity contribution < 1.29 is 0 Å². The van der Waals surface area contributed by atoms with E-state index in [1.54, 1.807) is 0 Å². The summed E-state index contributed by atoms with van der Waals surface area (Å²) in [6.07, 6.45) is 9.99. The summed E-state index contributed by atoms with van der Waals surface area (Å²) in [5.74, 6) is 0.907. The molecule has 2 heteroatoms. The summed E-state index contributed by atoms with van der Waals surface area (Å²) in [6.45, 7) is 8.35. The van der Waals surface area contributed by atoms with E-state index in [0.29, 0.717) is 6.04 Å². The summed E-state index contributed by atoms with van der Waals surface area (Å²) < 4.78 is 0. The maximum absolute atomic E-state index is 3.59. The van der Waals surface area contributed by atoms with Crippen molar-refractivity contribution in [3.05, 3.63) is 12.2 Å². The molecule has 0 bridgehead atoms. The van der Waals surface area contributed by atoms with Crippen molar-refractivity contribution in [2.24, 2.45) is 5.92 Å². The van der Waals surface area contributed by atoms with Gasteiger partial charge in [-0.1, -0.05) is 19.1 Å². The van der Waals surface area contributed by atoms with Crippen molar-refractivity contribution >= 4 is 0 Å². The zero-order valence-electron chi connectivity index (χ0n) is 10.8. The molecule has 0 aromatic rings. The van der Waals surface area contributed by atoms with Gasteiger partial charge < -0.3 is 5.32 Å². The Hall–Kier alpha value is -0.340. The number of rotatable bonds is 3. The quantitative estimate of drug-likeness (QED) is 0.738. The minimum atomic E-state index is 0.668. The second kappa shape index (κ2) is 5.83. The van der Waals surface area contributed by atoms with Gasteiger partial charge in [0, 0.05) is 31.7 Å². The molecular weight excluding hydrogens is 196 g/mol. The van der Waals surface area contributed by atoms with Crippen molar-refractivity contribution in [3.8, 4) is 0 Å². The molecule has 0 aromatic heterocycles. The van der Waals surface area contributed by atoms with Gasteiger partial charge in [0.05, 0.1) is 0 Å². The highest BCUT2D eigenvalue weighted by Gasteiger charge is 2.26. The van der Waals surface area contributed by atoms with Crippen LogP contribution in [-0.2, 0) is 0 Å². The van der Waals surface area contributed by atoms with Gasteiger partial charge in [-0.3, -0.25) is 4.90 Å². The highest BCUT2D eigenvalue weighted by Crippen LogP contribution is 2.22. The van der Waals surface area contributed by atoms with Gasteiger partial charge in [-0.05, 0) is 38.5 Å². The van der Waals surface area contributed by atoms with E-state index < -0.39 is 0 Å². The largest absolute Gasteiger partial charge is 0.311 e. The first-order valence-corrected chi connectivity index (χ1v) is 6.92. The summed E-state index contributed by atoms with van der Waals surface area (Å²) in [7, 11) is 0. The van der Waals surface area contributed by atoms with Crippen LogP contribution in [0.1, 0.15) is 39.5 Å². The Morgan fingerprint density at radius 3 is 2.94 bits per heavy atom. The van der Waals surface area contributed by atoms with Gasteiger partial charge in [-0.25, -0.2) is 0 Å². The van der Waals surface area contributed by atoms with Crippen molar-refractivity contribution in [2.75, 3.05) is 19.6 Å². The van der Waals surface area contributed by atoms with Crippen molar-refractivity contribution in [1.82, 2.24) is 10.2 Å². The molecular formula is C14H26N2. The second-order valence-electron chi connectivity index (χ2n) is 5.48. The van der Waals surface area contributed by atoms with Crippen LogP contribution in [0.25, 0.3) is 0 Å². The van der Waals surface area contributed by atoms with Crippen LogP contribution in [0.3, 0.4) is 0 Å². The van der Waals surface area contributed by atoms with Crippen LogP contribution in [0.2, 0.25) is 0 Å². The Morgan fingerprint density at radius 2 is 2.25 bits per heavy atom. The minimum Gasteiger partial charge on any atom is -0.311 e. The molecule has 0 spiro atoms. The molecule has 0 saturated carbocycles. The molecule has 16 heavy (non-hydrogen) atoms. The zero-order chi connectivity index (χ0) is 11.4. The molecule has 3 atom stereocenters. The Labute approximate surface area is 100 Å².